The fourth-order valence-corrected chi connectivity index (χ4v) is 1.92. The van der Waals surface area contributed by atoms with Crippen molar-refractivity contribution in [1.29, 1.82) is 0 Å². The summed E-state index contributed by atoms with van der Waals surface area (Å²) in [5.74, 6) is 0.545. The van der Waals surface area contributed by atoms with E-state index in [4.69, 9.17) is 5.73 Å². The van der Waals surface area contributed by atoms with Crippen molar-refractivity contribution in [2.24, 2.45) is 5.73 Å². The zero-order valence-corrected chi connectivity index (χ0v) is 11.2. The molecule has 0 saturated carbocycles. The topological polar surface area (TPSA) is 113 Å². The number of tetrazole rings is 1. The Morgan fingerprint density at radius 3 is 2.90 bits per heavy atom. The van der Waals surface area contributed by atoms with Gasteiger partial charge in [0.15, 0.2) is 5.82 Å². The molecule has 0 fully saturated rings. The van der Waals surface area contributed by atoms with E-state index in [9.17, 15) is 10.1 Å². The molecule has 0 aliphatic carbocycles. The maximum atomic E-state index is 10.9. The van der Waals surface area contributed by atoms with Crippen LogP contribution in [0.3, 0.4) is 0 Å². The van der Waals surface area contributed by atoms with Crippen LogP contribution < -0.4 is 5.73 Å². The van der Waals surface area contributed by atoms with Crippen LogP contribution in [0.4, 0.5) is 5.69 Å². The van der Waals surface area contributed by atoms with Gasteiger partial charge in [0, 0.05) is 24.2 Å². The zero-order chi connectivity index (χ0) is 14.5. The molecule has 1 aromatic carbocycles. The Morgan fingerprint density at radius 2 is 2.20 bits per heavy atom. The quantitative estimate of drug-likeness (QED) is 0.483. The van der Waals surface area contributed by atoms with Crippen molar-refractivity contribution in [2.45, 2.75) is 26.3 Å². The van der Waals surface area contributed by atoms with E-state index in [0.717, 1.165) is 18.4 Å². The number of rotatable bonds is 6. The van der Waals surface area contributed by atoms with E-state index in [2.05, 4.69) is 15.5 Å². The number of nitro groups is 1. The third kappa shape index (κ3) is 2.97. The standard InChI is InChI=1S/C12H16N6O2/c1-9-4-5-10(18(19)20)8-11(9)12-14-15-16-17(12)7-3-2-6-13/h4-5,8H,2-3,6-7,13H2,1H3. The van der Waals surface area contributed by atoms with Gasteiger partial charge in [0.1, 0.15) is 0 Å². The SMILES string of the molecule is Cc1ccc([N+](=O)[O-])cc1-c1nnnn1CCCCN. The molecule has 2 N–H and O–H groups in total. The van der Waals surface area contributed by atoms with Crippen LogP contribution in [0.5, 0.6) is 0 Å². The first kappa shape index (κ1) is 14.1. The van der Waals surface area contributed by atoms with Gasteiger partial charge in [-0.3, -0.25) is 10.1 Å². The van der Waals surface area contributed by atoms with Crippen LogP contribution in [0, 0.1) is 17.0 Å². The lowest BCUT2D eigenvalue weighted by Gasteiger charge is -2.06. The number of nitrogens with zero attached hydrogens (tertiary/aromatic N) is 5. The van der Waals surface area contributed by atoms with Gasteiger partial charge in [0.2, 0.25) is 0 Å². The van der Waals surface area contributed by atoms with E-state index in [1.165, 1.54) is 12.1 Å². The van der Waals surface area contributed by atoms with Crippen molar-refractivity contribution in [3.05, 3.63) is 33.9 Å². The van der Waals surface area contributed by atoms with Crippen LogP contribution in [-0.2, 0) is 6.54 Å². The van der Waals surface area contributed by atoms with E-state index in [-0.39, 0.29) is 5.69 Å². The predicted molar refractivity (Wildman–Crippen MR) is 72.9 cm³/mol. The lowest BCUT2D eigenvalue weighted by Crippen LogP contribution is -2.06. The molecule has 8 heteroatoms. The van der Waals surface area contributed by atoms with Crippen molar-refractivity contribution in [3.63, 3.8) is 0 Å². The molecule has 0 aliphatic heterocycles. The van der Waals surface area contributed by atoms with Crippen molar-refractivity contribution < 1.29 is 4.92 Å². The van der Waals surface area contributed by atoms with Crippen LogP contribution in [-0.4, -0.2) is 31.7 Å². The zero-order valence-electron chi connectivity index (χ0n) is 11.2. The minimum Gasteiger partial charge on any atom is -0.330 e. The molecular weight excluding hydrogens is 260 g/mol. The molecule has 0 atom stereocenters. The summed E-state index contributed by atoms with van der Waals surface area (Å²) in [6.45, 7) is 3.13. The highest BCUT2D eigenvalue weighted by atomic mass is 16.6. The predicted octanol–water partition coefficient (Wildman–Crippen LogP) is 1.30. The van der Waals surface area contributed by atoms with Crippen LogP contribution >= 0.6 is 0 Å². The minimum atomic E-state index is -0.425. The van der Waals surface area contributed by atoms with Crippen LogP contribution in [0.15, 0.2) is 18.2 Å². The third-order valence-corrected chi connectivity index (χ3v) is 3.03. The van der Waals surface area contributed by atoms with Gasteiger partial charge < -0.3 is 5.73 Å². The van der Waals surface area contributed by atoms with E-state index in [1.54, 1.807) is 10.7 Å². The Labute approximate surface area is 115 Å². The second-order valence-electron chi connectivity index (χ2n) is 4.48. The molecule has 8 nitrogen and oxygen atoms in total. The molecule has 0 aliphatic rings. The Bertz CT molecular complexity index is 610. The van der Waals surface area contributed by atoms with Crippen molar-refractivity contribution in [2.75, 3.05) is 6.54 Å². The number of hydrogen-bond donors (Lipinski definition) is 1. The molecule has 0 bridgehead atoms. The molecule has 106 valence electrons. The Morgan fingerprint density at radius 1 is 1.40 bits per heavy atom. The summed E-state index contributed by atoms with van der Waals surface area (Å²) >= 11 is 0. The monoisotopic (exact) mass is 276 g/mol. The maximum Gasteiger partial charge on any atom is 0.270 e. The highest BCUT2D eigenvalue weighted by Gasteiger charge is 2.15. The first-order valence-electron chi connectivity index (χ1n) is 6.35. The molecule has 1 heterocycles. The summed E-state index contributed by atoms with van der Waals surface area (Å²) in [6, 6.07) is 4.67. The first-order chi connectivity index (χ1) is 9.63. The number of nitro benzene ring substituents is 1. The molecule has 0 unspecified atom stereocenters. The van der Waals surface area contributed by atoms with Crippen molar-refractivity contribution in [1.82, 2.24) is 20.2 Å². The Kier molecular flexibility index (Phi) is 4.36. The van der Waals surface area contributed by atoms with Gasteiger partial charge >= 0.3 is 0 Å². The Hall–Kier alpha value is -2.35. The van der Waals surface area contributed by atoms with Gasteiger partial charge in [-0.25, -0.2) is 4.68 Å². The van der Waals surface area contributed by atoms with Gasteiger partial charge in [-0.15, -0.1) is 5.10 Å². The number of non-ortho nitro benzene ring substituents is 1. The normalized spacial score (nSPS) is 10.7. The van der Waals surface area contributed by atoms with Gasteiger partial charge in [0.25, 0.3) is 5.69 Å². The van der Waals surface area contributed by atoms with Crippen LogP contribution in [0.2, 0.25) is 0 Å². The average Bonchev–Trinajstić information content (AvgIpc) is 2.87. The van der Waals surface area contributed by atoms with E-state index < -0.39 is 4.92 Å². The Balaban J connectivity index is 2.34. The van der Waals surface area contributed by atoms with Crippen molar-refractivity contribution in [3.8, 4) is 11.4 Å². The summed E-state index contributed by atoms with van der Waals surface area (Å²) in [7, 11) is 0. The van der Waals surface area contributed by atoms with E-state index >= 15 is 0 Å². The summed E-state index contributed by atoms with van der Waals surface area (Å²) in [6.07, 6.45) is 1.75. The molecule has 0 spiro atoms. The highest BCUT2D eigenvalue weighted by Crippen LogP contribution is 2.25. The number of nitrogens with two attached hydrogens (primary N) is 1. The number of benzene rings is 1. The van der Waals surface area contributed by atoms with Crippen molar-refractivity contribution >= 4 is 5.69 Å². The molecule has 0 saturated heterocycles. The fourth-order valence-electron chi connectivity index (χ4n) is 1.92. The minimum absolute atomic E-state index is 0.0297. The fraction of sp³-hybridized carbons (Fsp3) is 0.417. The largest absolute Gasteiger partial charge is 0.330 e. The number of aryl methyl sites for hydroxylation is 2. The number of unbranched alkanes of at least 4 members (excludes halogenated alkanes) is 1. The van der Waals surface area contributed by atoms with Gasteiger partial charge in [-0.1, -0.05) is 6.07 Å². The molecule has 0 amide bonds. The lowest BCUT2D eigenvalue weighted by atomic mass is 10.1. The number of aromatic nitrogens is 4. The smallest absolute Gasteiger partial charge is 0.270 e. The maximum absolute atomic E-state index is 10.9. The lowest BCUT2D eigenvalue weighted by molar-refractivity contribution is -0.384. The summed E-state index contributed by atoms with van der Waals surface area (Å²) < 4.78 is 1.65. The summed E-state index contributed by atoms with van der Waals surface area (Å²) in [5.41, 5.74) is 7.06. The van der Waals surface area contributed by atoms with E-state index in [0.29, 0.717) is 24.5 Å². The third-order valence-electron chi connectivity index (χ3n) is 3.03. The molecule has 0 radical (unpaired) electrons. The summed E-state index contributed by atoms with van der Waals surface area (Å²) in [5, 5.41) is 22.4. The van der Waals surface area contributed by atoms with Crippen LogP contribution in [0.25, 0.3) is 11.4 Å². The molecule has 1 aromatic heterocycles. The molecule has 2 aromatic rings. The molecular formula is C12H16N6O2. The highest BCUT2D eigenvalue weighted by molar-refractivity contribution is 5.63. The van der Waals surface area contributed by atoms with Gasteiger partial charge in [-0.2, -0.15) is 0 Å². The molecule has 20 heavy (non-hydrogen) atoms. The second kappa shape index (κ2) is 6.20. The second-order valence-corrected chi connectivity index (χ2v) is 4.48. The van der Waals surface area contributed by atoms with Gasteiger partial charge in [0.05, 0.1) is 4.92 Å². The first-order valence-corrected chi connectivity index (χ1v) is 6.35. The number of hydrogen-bond acceptors (Lipinski definition) is 6. The average molecular weight is 276 g/mol. The summed E-state index contributed by atoms with van der Waals surface area (Å²) in [4.78, 5) is 10.4. The van der Waals surface area contributed by atoms with E-state index in [1.807, 2.05) is 6.92 Å². The van der Waals surface area contributed by atoms with Gasteiger partial charge in [-0.05, 0) is 42.3 Å². The van der Waals surface area contributed by atoms with Crippen LogP contribution in [0.1, 0.15) is 18.4 Å². The molecule has 2 rings (SSSR count).